The van der Waals surface area contributed by atoms with Gasteiger partial charge in [-0.15, -0.1) is 0 Å². The van der Waals surface area contributed by atoms with Crippen LogP contribution in [0.5, 0.6) is 0 Å². The summed E-state index contributed by atoms with van der Waals surface area (Å²) < 4.78 is 2.03. The fourth-order valence-electron chi connectivity index (χ4n) is 7.01. The Morgan fingerprint density at radius 3 is 2.09 bits per heavy atom. The second-order valence-corrected chi connectivity index (χ2v) is 16.4. The zero-order valence-corrected chi connectivity index (χ0v) is 34.5. The number of carboxylic acids is 1. The molecule has 2 heterocycles. The second kappa shape index (κ2) is 18.5. The third-order valence-corrected chi connectivity index (χ3v) is 10.3. The highest BCUT2D eigenvalue weighted by Gasteiger charge is 2.42. The molecule has 306 valence electrons. The number of likely N-dealkylation sites (N-methyl/N-ethyl adjacent to an activating group) is 2. The number of fused-ring (bicyclic) bond motifs is 1. The van der Waals surface area contributed by atoms with Crippen LogP contribution in [0.3, 0.4) is 0 Å². The Labute approximate surface area is 329 Å². The van der Waals surface area contributed by atoms with Gasteiger partial charge in [-0.25, -0.2) is 0 Å². The molecule has 0 aliphatic carbocycles. The van der Waals surface area contributed by atoms with E-state index in [0.29, 0.717) is 0 Å². The summed E-state index contributed by atoms with van der Waals surface area (Å²) in [5.74, 6) is -4.41. The Kier molecular flexibility index (Phi) is 14.9. The van der Waals surface area contributed by atoms with Crippen LogP contribution < -0.4 is 21.3 Å². The van der Waals surface area contributed by atoms with Gasteiger partial charge < -0.3 is 35.8 Å². The SMILES string of the molecule is CN[C@H](C(=O)NC(C(=O)N(C)[C@H](/C=C(\C)C(=O)N[C@@H](CCC(=O)O)C(=O)NCCN1C(=O)C=CC1=O)C(C)C)C(C)(C)C)C(C)(C)c1cn(C)c2ccccc12. The van der Waals surface area contributed by atoms with E-state index in [1.807, 2.05) is 90.5 Å². The first-order chi connectivity index (χ1) is 26.0. The molecule has 1 aromatic heterocycles. The highest BCUT2D eigenvalue weighted by molar-refractivity contribution is 6.12. The van der Waals surface area contributed by atoms with Gasteiger partial charge in [0.2, 0.25) is 23.6 Å². The number of para-hydroxylation sites is 1. The van der Waals surface area contributed by atoms with Gasteiger partial charge in [0.15, 0.2) is 0 Å². The van der Waals surface area contributed by atoms with E-state index in [1.54, 1.807) is 20.2 Å². The molecule has 0 fully saturated rings. The van der Waals surface area contributed by atoms with Crippen molar-refractivity contribution in [2.24, 2.45) is 18.4 Å². The molecule has 5 N–H and O–H groups in total. The molecule has 1 aliphatic heterocycles. The normalized spacial score (nSPS) is 15.8. The van der Waals surface area contributed by atoms with Crippen molar-refractivity contribution in [3.8, 4) is 0 Å². The molecule has 1 aliphatic rings. The minimum atomic E-state index is -1.24. The van der Waals surface area contributed by atoms with Crippen LogP contribution in [0.4, 0.5) is 0 Å². The lowest BCUT2D eigenvalue weighted by molar-refractivity contribution is -0.141. The Morgan fingerprint density at radius 1 is 0.929 bits per heavy atom. The van der Waals surface area contributed by atoms with Crippen molar-refractivity contribution in [3.63, 3.8) is 0 Å². The first kappa shape index (κ1) is 45.1. The summed E-state index contributed by atoms with van der Waals surface area (Å²) in [5.41, 5.74) is 0.799. The highest BCUT2D eigenvalue weighted by atomic mass is 16.4. The van der Waals surface area contributed by atoms with E-state index < -0.39 is 71.0 Å². The number of aromatic nitrogens is 1. The van der Waals surface area contributed by atoms with Crippen LogP contribution in [0.2, 0.25) is 0 Å². The van der Waals surface area contributed by atoms with Crippen LogP contribution in [0.25, 0.3) is 10.9 Å². The first-order valence-corrected chi connectivity index (χ1v) is 18.8. The zero-order chi connectivity index (χ0) is 42.3. The number of hydrogen-bond donors (Lipinski definition) is 5. The average molecular weight is 778 g/mol. The number of amides is 6. The van der Waals surface area contributed by atoms with E-state index in [0.717, 1.165) is 33.5 Å². The fourth-order valence-corrected chi connectivity index (χ4v) is 7.01. The van der Waals surface area contributed by atoms with Crippen molar-refractivity contribution in [1.29, 1.82) is 0 Å². The predicted octanol–water partition coefficient (Wildman–Crippen LogP) is 2.39. The number of nitrogens with one attached hydrogen (secondary N) is 4. The van der Waals surface area contributed by atoms with Crippen molar-refractivity contribution in [1.82, 2.24) is 35.6 Å². The maximum Gasteiger partial charge on any atom is 0.303 e. The van der Waals surface area contributed by atoms with Gasteiger partial charge in [-0.05, 0) is 43.4 Å². The molecule has 1 aromatic carbocycles. The highest BCUT2D eigenvalue weighted by Crippen LogP contribution is 2.35. The Bertz CT molecular complexity index is 1870. The summed E-state index contributed by atoms with van der Waals surface area (Å²) in [4.78, 5) is 92.6. The molecule has 0 saturated carbocycles. The Balaban J connectivity index is 1.80. The van der Waals surface area contributed by atoms with Gasteiger partial charge in [-0.3, -0.25) is 38.5 Å². The molecule has 0 radical (unpaired) electrons. The van der Waals surface area contributed by atoms with E-state index in [1.165, 1.54) is 11.8 Å². The minimum absolute atomic E-state index is 0.0983. The molecule has 0 spiro atoms. The number of aliphatic carboxylic acids is 1. The van der Waals surface area contributed by atoms with Gasteiger partial charge in [-0.1, -0.05) is 72.7 Å². The van der Waals surface area contributed by atoms with Crippen LogP contribution >= 0.6 is 0 Å². The lowest BCUT2D eigenvalue weighted by atomic mass is 9.76. The van der Waals surface area contributed by atoms with Crippen LogP contribution in [0.1, 0.15) is 73.8 Å². The van der Waals surface area contributed by atoms with E-state index in [9.17, 15) is 38.7 Å². The first-order valence-electron chi connectivity index (χ1n) is 18.8. The number of nitrogens with zero attached hydrogens (tertiary/aromatic N) is 3. The van der Waals surface area contributed by atoms with Gasteiger partial charge in [0.05, 0.1) is 12.1 Å². The number of carbonyl (C=O) groups excluding carboxylic acids is 6. The van der Waals surface area contributed by atoms with Crippen molar-refractivity contribution < 1.29 is 38.7 Å². The number of hydrogen-bond acceptors (Lipinski definition) is 8. The van der Waals surface area contributed by atoms with Crippen molar-refractivity contribution >= 4 is 52.3 Å². The fraction of sp³-hybridized carbons (Fsp3) is 0.537. The van der Waals surface area contributed by atoms with Crippen LogP contribution in [0, 0.1) is 11.3 Å². The molecule has 2 aromatic rings. The van der Waals surface area contributed by atoms with Crippen molar-refractivity contribution in [3.05, 3.63) is 59.8 Å². The third kappa shape index (κ3) is 10.7. The molecule has 4 atom stereocenters. The van der Waals surface area contributed by atoms with Crippen molar-refractivity contribution in [2.45, 2.75) is 97.8 Å². The monoisotopic (exact) mass is 777 g/mol. The van der Waals surface area contributed by atoms with Crippen molar-refractivity contribution in [2.75, 3.05) is 27.2 Å². The van der Waals surface area contributed by atoms with Gasteiger partial charge in [0.1, 0.15) is 12.1 Å². The number of imide groups is 1. The summed E-state index contributed by atoms with van der Waals surface area (Å²) in [7, 11) is 5.30. The smallest absolute Gasteiger partial charge is 0.303 e. The maximum atomic E-state index is 14.4. The van der Waals surface area contributed by atoms with Crippen LogP contribution in [-0.2, 0) is 46.0 Å². The Hall–Kier alpha value is -5.31. The van der Waals surface area contributed by atoms with Gasteiger partial charge in [0, 0.05) is 73.8 Å². The van der Waals surface area contributed by atoms with E-state index in [4.69, 9.17) is 0 Å². The standard InChI is InChI=1S/C41H59N7O8/c1-24(2)30(22-25(3)36(53)44-28(16-19-33(51)52)37(54)43-20-21-48-31(49)17-18-32(48)50)47(11)39(56)35(40(4,5)6)45-38(55)34(42-9)41(7,8)27-23-46(10)29-15-13-12-14-26(27)29/h12-15,17-18,22-24,28,30,34-35,42H,16,19-21H2,1-11H3,(H,43,54)(H,44,53)(H,45,55)(H,51,52)/b25-22+/t28-,30+,34+,35?/m0/s1. The number of carbonyl (C=O) groups is 7. The predicted molar refractivity (Wildman–Crippen MR) is 213 cm³/mol. The summed E-state index contributed by atoms with van der Waals surface area (Å²) in [6.07, 6.45) is 5.27. The van der Waals surface area contributed by atoms with Crippen LogP contribution in [0.15, 0.2) is 54.3 Å². The van der Waals surface area contributed by atoms with Gasteiger partial charge >= 0.3 is 5.97 Å². The van der Waals surface area contributed by atoms with E-state index >= 15 is 0 Å². The number of carboxylic acid groups (broad SMARTS) is 1. The zero-order valence-electron chi connectivity index (χ0n) is 34.5. The molecule has 0 bridgehead atoms. The number of benzene rings is 1. The molecule has 3 rings (SSSR count). The molecule has 15 heteroatoms. The van der Waals surface area contributed by atoms with Gasteiger partial charge in [-0.2, -0.15) is 0 Å². The molecule has 0 saturated heterocycles. The quantitative estimate of drug-likeness (QED) is 0.111. The molecule has 56 heavy (non-hydrogen) atoms. The molecular weight excluding hydrogens is 718 g/mol. The van der Waals surface area contributed by atoms with Crippen LogP contribution in [-0.4, -0.2) is 112 Å². The Morgan fingerprint density at radius 2 is 1.54 bits per heavy atom. The average Bonchev–Trinajstić information content (AvgIpc) is 3.63. The van der Waals surface area contributed by atoms with E-state index in [-0.39, 0.29) is 42.8 Å². The molecular formula is C41H59N7O8. The molecule has 15 nitrogen and oxygen atoms in total. The second-order valence-electron chi connectivity index (χ2n) is 16.4. The maximum absolute atomic E-state index is 14.4. The summed E-state index contributed by atoms with van der Waals surface area (Å²) in [5, 5.41) is 21.7. The lowest BCUT2D eigenvalue weighted by Crippen LogP contribution is -2.61. The van der Waals surface area contributed by atoms with Gasteiger partial charge in [0.25, 0.3) is 11.8 Å². The summed E-state index contributed by atoms with van der Waals surface area (Å²) >= 11 is 0. The lowest BCUT2D eigenvalue weighted by Gasteiger charge is -2.39. The summed E-state index contributed by atoms with van der Waals surface area (Å²) in [6, 6.07) is 4.48. The molecule has 1 unspecified atom stereocenters. The summed E-state index contributed by atoms with van der Waals surface area (Å²) in [6.45, 7) is 14.7. The molecule has 6 amide bonds. The van der Waals surface area contributed by atoms with E-state index in [2.05, 4.69) is 21.3 Å². The largest absolute Gasteiger partial charge is 0.481 e. The number of aryl methyl sites for hydroxylation is 1. The minimum Gasteiger partial charge on any atom is -0.481 e. The third-order valence-electron chi connectivity index (χ3n) is 10.3. The number of rotatable bonds is 18. The topological polar surface area (TPSA) is 199 Å².